The molecule has 0 radical (unpaired) electrons. The molecule has 1 aliphatic heterocycles. The van der Waals surface area contributed by atoms with Crippen LogP contribution in [0.4, 0.5) is 5.13 Å². The summed E-state index contributed by atoms with van der Waals surface area (Å²) < 4.78 is 6.10. The van der Waals surface area contributed by atoms with Crippen molar-refractivity contribution in [3.8, 4) is 0 Å². The quantitative estimate of drug-likeness (QED) is 0.570. The molecule has 3 aromatic rings. The summed E-state index contributed by atoms with van der Waals surface area (Å²) in [6.07, 6.45) is 5.01. The van der Waals surface area contributed by atoms with Crippen LogP contribution in [-0.2, 0) is 11.3 Å². The summed E-state index contributed by atoms with van der Waals surface area (Å²) in [6, 6.07) is 13.7. The van der Waals surface area contributed by atoms with E-state index >= 15 is 0 Å². The number of nitrogens with one attached hydrogen (secondary N) is 1. The molecule has 0 saturated carbocycles. The number of hydrogen-bond donors (Lipinski definition) is 1. The number of amides is 1. The maximum absolute atomic E-state index is 13.2. The van der Waals surface area contributed by atoms with Gasteiger partial charge in [-0.1, -0.05) is 53.4 Å². The van der Waals surface area contributed by atoms with Gasteiger partial charge in [0, 0.05) is 13.1 Å². The van der Waals surface area contributed by atoms with Crippen molar-refractivity contribution in [2.24, 2.45) is 0 Å². The lowest BCUT2D eigenvalue weighted by atomic mass is 10.1. The predicted octanol–water partition coefficient (Wildman–Crippen LogP) is 4.59. The maximum Gasteiger partial charge on any atom is 0.240 e. The second-order valence-electron chi connectivity index (χ2n) is 6.60. The topological polar surface area (TPSA) is 71.3 Å². The van der Waals surface area contributed by atoms with E-state index in [-0.39, 0.29) is 11.2 Å². The Bertz CT molecular complexity index is 877. The zero-order chi connectivity index (χ0) is 19.2. The molecular weight excluding hydrogens is 392 g/mol. The zero-order valence-corrected chi connectivity index (χ0v) is 17.0. The molecule has 0 aliphatic carbocycles. The molecule has 1 fully saturated rings. The van der Waals surface area contributed by atoms with E-state index in [1.54, 1.807) is 6.26 Å². The Hall–Kier alpha value is -2.32. The van der Waals surface area contributed by atoms with Gasteiger partial charge in [-0.15, -0.1) is 10.2 Å². The molecule has 1 N–H and O–H groups in total. The van der Waals surface area contributed by atoms with E-state index in [2.05, 4.69) is 15.5 Å². The largest absolute Gasteiger partial charge is 0.467 e. The monoisotopic (exact) mass is 414 g/mol. The van der Waals surface area contributed by atoms with Crippen molar-refractivity contribution in [2.45, 2.75) is 35.4 Å². The first-order chi connectivity index (χ1) is 13.8. The van der Waals surface area contributed by atoms with E-state index in [4.69, 9.17) is 4.42 Å². The molecule has 0 unspecified atom stereocenters. The molecule has 1 aliphatic rings. The minimum atomic E-state index is -0.301. The highest BCUT2D eigenvalue weighted by Crippen LogP contribution is 2.39. The Kier molecular flexibility index (Phi) is 6.28. The van der Waals surface area contributed by atoms with Crippen LogP contribution >= 0.6 is 23.1 Å². The number of thioether (sulfide) groups is 1. The number of carbonyl (C=O) groups excluding carboxylic acids is 1. The lowest BCUT2D eigenvalue weighted by molar-refractivity contribution is -0.131. The van der Waals surface area contributed by atoms with Gasteiger partial charge in [0.15, 0.2) is 4.34 Å². The highest BCUT2D eigenvalue weighted by atomic mass is 32.2. The number of piperidine rings is 1. The van der Waals surface area contributed by atoms with Gasteiger partial charge in [-0.3, -0.25) is 4.79 Å². The average molecular weight is 415 g/mol. The number of rotatable bonds is 7. The molecule has 4 rings (SSSR count). The molecule has 8 heteroatoms. The van der Waals surface area contributed by atoms with Crippen LogP contribution in [0.3, 0.4) is 0 Å². The second-order valence-corrected chi connectivity index (χ2v) is 8.93. The Morgan fingerprint density at radius 3 is 2.71 bits per heavy atom. The number of furan rings is 1. The van der Waals surface area contributed by atoms with Crippen LogP contribution in [0.2, 0.25) is 0 Å². The number of aromatic nitrogens is 2. The van der Waals surface area contributed by atoms with Crippen LogP contribution in [0, 0.1) is 0 Å². The second kappa shape index (κ2) is 9.25. The Morgan fingerprint density at radius 1 is 1.14 bits per heavy atom. The summed E-state index contributed by atoms with van der Waals surface area (Å²) in [5.74, 6) is 1.00. The van der Waals surface area contributed by atoms with Crippen LogP contribution in [0.25, 0.3) is 0 Å². The van der Waals surface area contributed by atoms with E-state index in [0.29, 0.717) is 6.54 Å². The van der Waals surface area contributed by atoms with E-state index in [1.165, 1.54) is 29.5 Å². The number of likely N-dealkylation sites (tertiary alicyclic amines) is 1. The minimum absolute atomic E-state index is 0.163. The number of carbonyl (C=O) groups is 1. The number of hydrogen-bond acceptors (Lipinski definition) is 7. The van der Waals surface area contributed by atoms with Gasteiger partial charge in [-0.2, -0.15) is 0 Å². The third-order valence-corrected chi connectivity index (χ3v) is 6.82. The summed E-state index contributed by atoms with van der Waals surface area (Å²) in [4.78, 5) is 15.2. The summed E-state index contributed by atoms with van der Waals surface area (Å²) in [5.41, 5.74) is 1.00. The number of benzene rings is 1. The Labute approximate surface area is 172 Å². The lowest BCUT2D eigenvalue weighted by Gasteiger charge is -2.30. The SMILES string of the molecule is O=C([C@@H](Sc1nnc(NCc2ccco2)s1)c1ccccc1)N1CCCCC1. The van der Waals surface area contributed by atoms with Crippen molar-refractivity contribution in [3.63, 3.8) is 0 Å². The Balaban J connectivity index is 1.47. The van der Waals surface area contributed by atoms with Gasteiger partial charge in [0.1, 0.15) is 11.0 Å². The lowest BCUT2D eigenvalue weighted by Crippen LogP contribution is -2.38. The number of nitrogens with zero attached hydrogens (tertiary/aromatic N) is 3. The van der Waals surface area contributed by atoms with Crippen LogP contribution in [-0.4, -0.2) is 34.1 Å². The van der Waals surface area contributed by atoms with Crippen molar-refractivity contribution in [1.82, 2.24) is 15.1 Å². The Morgan fingerprint density at radius 2 is 1.96 bits per heavy atom. The van der Waals surface area contributed by atoms with Crippen LogP contribution in [0.1, 0.15) is 35.8 Å². The molecule has 1 amide bonds. The van der Waals surface area contributed by atoms with Gasteiger partial charge in [0.2, 0.25) is 11.0 Å². The average Bonchev–Trinajstić information content (AvgIpc) is 3.43. The van der Waals surface area contributed by atoms with Gasteiger partial charge in [-0.25, -0.2) is 0 Å². The fraction of sp³-hybridized carbons (Fsp3) is 0.350. The van der Waals surface area contributed by atoms with Gasteiger partial charge in [-0.05, 0) is 37.0 Å². The molecule has 1 saturated heterocycles. The van der Waals surface area contributed by atoms with Crippen LogP contribution < -0.4 is 5.32 Å². The van der Waals surface area contributed by atoms with E-state index in [0.717, 1.165) is 46.7 Å². The van der Waals surface area contributed by atoms with Crippen LogP contribution in [0.15, 0.2) is 57.5 Å². The number of anilines is 1. The van der Waals surface area contributed by atoms with Crippen molar-refractivity contribution in [1.29, 1.82) is 0 Å². The van der Waals surface area contributed by atoms with Crippen molar-refractivity contribution in [2.75, 3.05) is 18.4 Å². The summed E-state index contributed by atoms with van der Waals surface area (Å²) in [5, 5.41) is 12.1. The first-order valence-electron chi connectivity index (χ1n) is 9.40. The molecule has 6 nitrogen and oxygen atoms in total. The smallest absolute Gasteiger partial charge is 0.240 e. The van der Waals surface area contributed by atoms with Gasteiger partial charge >= 0.3 is 0 Å². The fourth-order valence-electron chi connectivity index (χ4n) is 3.17. The third kappa shape index (κ3) is 4.74. The van der Waals surface area contributed by atoms with Crippen molar-refractivity contribution < 1.29 is 9.21 Å². The first-order valence-corrected chi connectivity index (χ1v) is 11.1. The van der Waals surface area contributed by atoms with E-state index < -0.39 is 0 Å². The molecule has 3 heterocycles. The zero-order valence-electron chi connectivity index (χ0n) is 15.4. The molecule has 0 bridgehead atoms. The normalized spacial score (nSPS) is 15.4. The summed E-state index contributed by atoms with van der Waals surface area (Å²) >= 11 is 2.94. The molecule has 146 valence electrons. The summed E-state index contributed by atoms with van der Waals surface area (Å²) in [6.45, 7) is 2.24. The molecule has 2 aromatic heterocycles. The van der Waals surface area contributed by atoms with Crippen molar-refractivity contribution >= 4 is 34.1 Å². The van der Waals surface area contributed by atoms with Gasteiger partial charge in [0.05, 0.1) is 12.8 Å². The predicted molar refractivity (Wildman–Crippen MR) is 111 cm³/mol. The standard InChI is InChI=1S/C20H22N4O2S2/c25-18(24-11-5-2-6-12-24)17(15-8-3-1-4-9-15)27-20-23-22-19(28-20)21-14-16-10-7-13-26-16/h1,3-4,7-10,13,17H,2,5-6,11-12,14H2,(H,21,22)/t17-/m0/s1. The maximum atomic E-state index is 13.2. The van der Waals surface area contributed by atoms with Gasteiger partial charge < -0.3 is 14.6 Å². The van der Waals surface area contributed by atoms with Gasteiger partial charge in [0.25, 0.3) is 0 Å². The molecule has 1 atom stereocenters. The minimum Gasteiger partial charge on any atom is -0.467 e. The van der Waals surface area contributed by atoms with E-state index in [1.807, 2.05) is 47.4 Å². The van der Waals surface area contributed by atoms with Crippen LogP contribution in [0.5, 0.6) is 0 Å². The highest BCUT2D eigenvalue weighted by molar-refractivity contribution is 8.01. The first kappa shape index (κ1) is 19.0. The van der Waals surface area contributed by atoms with E-state index in [9.17, 15) is 4.79 Å². The molecule has 1 aromatic carbocycles. The van der Waals surface area contributed by atoms with Crippen molar-refractivity contribution in [3.05, 3.63) is 60.1 Å². The highest BCUT2D eigenvalue weighted by Gasteiger charge is 2.29. The summed E-state index contributed by atoms with van der Waals surface area (Å²) in [7, 11) is 0. The molecule has 28 heavy (non-hydrogen) atoms. The fourth-order valence-corrected chi connectivity index (χ4v) is 5.20. The molecule has 0 spiro atoms. The molecular formula is C20H22N4O2S2. The third-order valence-electron chi connectivity index (χ3n) is 4.61.